The second-order valence-corrected chi connectivity index (χ2v) is 6.66. The van der Waals surface area contributed by atoms with E-state index in [9.17, 15) is 10.2 Å². The number of rotatable bonds is 2. The van der Waals surface area contributed by atoms with Gasteiger partial charge in [-0.05, 0) is 55.8 Å². The third kappa shape index (κ3) is 2.64. The molecular weight excluding hydrogens is 316 g/mol. The zero-order valence-corrected chi connectivity index (χ0v) is 14.2. The number of aromatic hydroxyl groups is 2. The molecule has 0 saturated carbocycles. The van der Waals surface area contributed by atoms with Crippen molar-refractivity contribution in [3.8, 4) is 23.0 Å². The molecule has 0 fully saturated rings. The molecule has 2 aromatic carbocycles. The summed E-state index contributed by atoms with van der Waals surface area (Å²) in [7, 11) is 0. The van der Waals surface area contributed by atoms with Gasteiger partial charge in [0.15, 0.2) is 0 Å². The van der Waals surface area contributed by atoms with Gasteiger partial charge < -0.3 is 19.7 Å². The second-order valence-electron chi connectivity index (χ2n) is 6.66. The van der Waals surface area contributed by atoms with Crippen LogP contribution in [0.15, 0.2) is 36.4 Å². The molecular formula is C21H20O4. The van der Waals surface area contributed by atoms with Crippen LogP contribution in [-0.2, 0) is 0 Å². The maximum absolute atomic E-state index is 10.1. The van der Waals surface area contributed by atoms with Crippen LogP contribution in [0.1, 0.15) is 37.0 Å². The van der Waals surface area contributed by atoms with Gasteiger partial charge >= 0.3 is 0 Å². The summed E-state index contributed by atoms with van der Waals surface area (Å²) in [6.45, 7) is 4.52. The molecule has 0 radical (unpaired) electrons. The van der Waals surface area contributed by atoms with Gasteiger partial charge in [0.25, 0.3) is 0 Å². The number of hydrogen-bond donors (Lipinski definition) is 2. The number of fused-ring (bicyclic) bond motifs is 3. The van der Waals surface area contributed by atoms with Crippen LogP contribution in [0.2, 0.25) is 0 Å². The molecule has 2 aromatic rings. The average molecular weight is 336 g/mol. The van der Waals surface area contributed by atoms with Gasteiger partial charge in [-0.3, -0.25) is 0 Å². The molecule has 4 nitrogen and oxygen atoms in total. The Balaban J connectivity index is 1.75. The third-order valence-corrected chi connectivity index (χ3v) is 4.86. The number of phenols is 2. The van der Waals surface area contributed by atoms with E-state index in [2.05, 4.69) is 26.0 Å². The zero-order valence-electron chi connectivity index (χ0n) is 14.2. The highest BCUT2D eigenvalue weighted by Crippen LogP contribution is 2.43. The summed E-state index contributed by atoms with van der Waals surface area (Å²) in [5, 5.41) is 19.5. The van der Waals surface area contributed by atoms with Crippen molar-refractivity contribution in [2.75, 3.05) is 6.61 Å². The van der Waals surface area contributed by atoms with E-state index in [-0.39, 0.29) is 17.1 Å². The van der Waals surface area contributed by atoms with Crippen LogP contribution >= 0.6 is 0 Å². The van der Waals surface area contributed by atoms with Gasteiger partial charge in [-0.25, -0.2) is 0 Å². The number of ether oxygens (including phenoxy) is 2. The van der Waals surface area contributed by atoms with Crippen LogP contribution in [0.4, 0.5) is 0 Å². The molecule has 0 aliphatic carbocycles. The molecule has 2 N–H and O–H groups in total. The van der Waals surface area contributed by atoms with Crippen molar-refractivity contribution < 1.29 is 19.7 Å². The van der Waals surface area contributed by atoms with Crippen molar-refractivity contribution in [1.29, 1.82) is 0 Å². The molecule has 2 aliphatic heterocycles. The van der Waals surface area contributed by atoms with Gasteiger partial charge in [0.1, 0.15) is 35.2 Å². The van der Waals surface area contributed by atoms with Crippen molar-refractivity contribution in [2.45, 2.75) is 25.9 Å². The predicted molar refractivity (Wildman–Crippen MR) is 97.9 cm³/mol. The lowest BCUT2D eigenvalue weighted by Crippen LogP contribution is -2.31. The fourth-order valence-corrected chi connectivity index (χ4v) is 3.18. The molecule has 128 valence electrons. The SMILES string of the molecule is CCC1(C)C=Cc2c(ccc3c2OCC(c2ccc(O)cc2O)=C3)O1. The van der Waals surface area contributed by atoms with Gasteiger partial charge in [-0.2, -0.15) is 0 Å². The van der Waals surface area contributed by atoms with Crippen molar-refractivity contribution in [3.63, 3.8) is 0 Å². The van der Waals surface area contributed by atoms with E-state index in [4.69, 9.17) is 9.47 Å². The molecule has 0 saturated heterocycles. The van der Waals surface area contributed by atoms with Gasteiger partial charge in [-0.15, -0.1) is 0 Å². The number of hydrogen-bond acceptors (Lipinski definition) is 4. The topological polar surface area (TPSA) is 58.9 Å². The fourth-order valence-electron chi connectivity index (χ4n) is 3.18. The molecule has 2 heterocycles. The van der Waals surface area contributed by atoms with E-state index in [1.54, 1.807) is 12.1 Å². The minimum Gasteiger partial charge on any atom is -0.508 e. The third-order valence-electron chi connectivity index (χ3n) is 4.86. The van der Waals surface area contributed by atoms with E-state index < -0.39 is 0 Å². The lowest BCUT2D eigenvalue weighted by Gasteiger charge is -2.32. The molecule has 0 bridgehead atoms. The van der Waals surface area contributed by atoms with Crippen LogP contribution in [0.3, 0.4) is 0 Å². The minimum atomic E-state index is -0.283. The first-order valence-electron chi connectivity index (χ1n) is 8.40. The van der Waals surface area contributed by atoms with E-state index in [1.807, 2.05) is 18.2 Å². The van der Waals surface area contributed by atoms with Crippen LogP contribution in [0.5, 0.6) is 23.0 Å². The maximum Gasteiger partial charge on any atom is 0.137 e. The number of phenolic OH excluding ortho intramolecular Hbond substituents is 2. The van der Waals surface area contributed by atoms with Crippen LogP contribution in [0.25, 0.3) is 17.7 Å². The molecule has 1 atom stereocenters. The Bertz CT molecular complexity index is 910. The fraction of sp³-hybridized carbons (Fsp3) is 0.238. The normalized spacial score (nSPS) is 20.8. The smallest absolute Gasteiger partial charge is 0.137 e. The lowest BCUT2D eigenvalue weighted by molar-refractivity contribution is 0.132. The van der Waals surface area contributed by atoms with Gasteiger partial charge in [-0.1, -0.05) is 6.92 Å². The Hall–Kier alpha value is -2.88. The summed E-state index contributed by atoms with van der Waals surface area (Å²) in [5.74, 6) is 1.70. The van der Waals surface area contributed by atoms with Gasteiger partial charge in [0.2, 0.25) is 0 Å². The molecule has 1 unspecified atom stereocenters. The van der Waals surface area contributed by atoms with Crippen molar-refractivity contribution in [3.05, 3.63) is 53.1 Å². The largest absolute Gasteiger partial charge is 0.508 e. The predicted octanol–water partition coefficient (Wildman–Crippen LogP) is 4.61. The molecule has 25 heavy (non-hydrogen) atoms. The van der Waals surface area contributed by atoms with E-state index in [1.165, 1.54) is 6.07 Å². The molecule has 4 rings (SSSR count). The first kappa shape index (κ1) is 15.6. The monoisotopic (exact) mass is 336 g/mol. The maximum atomic E-state index is 10.1. The van der Waals surface area contributed by atoms with Gasteiger partial charge in [0.05, 0.1) is 5.56 Å². The van der Waals surface area contributed by atoms with E-state index >= 15 is 0 Å². The molecule has 2 aliphatic rings. The van der Waals surface area contributed by atoms with Gasteiger partial charge in [0, 0.05) is 22.8 Å². The van der Waals surface area contributed by atoms with E-state index in [0.29, 0.717) is 12.2 Å². The molecule has 4 heteroatoms. The zero-order chi connectivity index (χ0) is 17.6. The Morgan fingerprint density at radius 1 is 1.16 bits per heavy atom. The average Bonchev–Trinajstić information content (AvgIpc) is 2.61. The van der Waals surface area contributed by atoms with Crippen LogP contribution in [-0.4, -0.2) is 22.4 Å². The molecule has 0 aromatic heterocycles. The summed E-state index contributed by atoms with van der Waals surface area (Å²) in [6, 6.07) is 8.52. The Morgan fingerprint density at radius 3 is 2.76 bits per heavy atom. The van der Waals surface area contributed by atoms with Crippen molar-refractivity contribution >= 4 is 17.7 Å². The molecule has 0 spiro atoms. The summed E-state index contributed by atoms with van der Waals surface area (Å²) in [5.41, 5.74) is 3.14. The summed E-state index contributed by atoms with van der Waals surface area (Å²) in [4.78, 5) is 0. The lowest BCUT2D eigenvalue weighted by atomic mass is 9.94. The van der Waals surface area contributed by atoms with Crippen molar-refractivity contribution in [1.82, 2.24) is 0 Å². The first-order chi connectivity index (χ1) is 12.0. The highest BCUT2D eigenvalue weighted by molar-refractivity contribution is 5.89. The first-order valence-corrected chi connectivity index (χ1v) is 8.40. The van der Waals surface area contributed by atoms with Crippen LogP contribution in [0, 0.1) is 0 Å². The Labute approximate surface area is 146 Å². The Kier molecular flexibility index (Phi) is 3.49. The quantitative estimate of drug-likeness (QED) is 0.841. The highest BCUT2D eigenvalue weighted by atomic mass is 16.5. The summed E-state index contributed by atoms with van der Waals surface area (Å²) >= 11 is 0. The minimum absolute atomic E-state index is 0.0364. The molecule has 0 amide bonds. The van der Waals surface area contributed by atoms with E-state index in [0.717, 1.165) is 34.6 Å². The second kappa shape index (κ2) is 5.59. The summed E-state index contributed by atoms with van der Waals surface area (Å²) in [6.07, 6.45) is 7.04. The number of benzene rings is 2. The van der Waals surface area contributed by atoms with Crippen molar-refractivity contribution in [2.24, 2.45) is 0 Å². The highest BCUT2D eigenvalue weighted by Gasteiger charge is 2.28. The van der Waals surface area contributed by atoms with Crippen LogP contribution < -0.4 is 9.47 Å². The Morgan fingerprint density at radius 2 is 2.00 bits per heavy atom. The summed E-state index contributed by atoms with van der Waals surface area (Å²) < 4.78 is 12.1. The standard InChI is InChI=1S/C21H20O4/c1-3-21(2)9-8-17-19(25-21)7-4-13-10-14(12-24-20(13)17)16-6-5-15(22)11-18(16)23/h4-11,22-23H,3,12H2,1-2H3.